The quantitative estimate of drug-likeness (QED) is 0.456. The van der Waals surface area contributed by atoms with Crippen molar-refractivity contribution in [3.05, 3.63) is 64.9 Å². The average Bonchev–Trinajstić information content (AvgIpc) is 2.72. The number of halogens is 2. The van der Waals surface area contributed by atoms with Gasteiger partial charge in [-0.15, -0.1) is 0 Å². The van der Waals surface area contributed by atoms with Crippen molar-refractivity contribution in [2.24, 2.45) is 0 Å². The molecule has 0 aliphatic heterocycles. The van der Waals surface area contributed by atoms with Crippen LogP contribution in [0, 0.1) is 17.1 Å². The molecule has 6 nitrogen and oxygen atoms in total. The fourth-order valence-electron chi connectivity index (χ4n) is 2.47. The normalized spacial score (nSPS) is 10.1. The van der Waals surface area contributed by atoms with Crippen LogP contribution >= 0.6 is 11.6 Å². The summed E-state index contributed by atoms with van der Waals surface area (Å²) in [5.74, 6) is -1.95. The van der Waals surface area contributed by atoms with Crippen LogP contribution in [-0.4, -0.2) is 30.8 Å². The Morgan fingerprint density at radius 1 is 1.03 bits per heavy atom. The molecule has 29 heavy (non-hydrogen) atoms. The number of anilines is 1. The standard InChI is InChI=1S/C21H18ClFN2O4/c22-16-4-2-15(3-5-16)19(26)10-11-21(28)29-14-20(27)25(13-1-12-24)18-8-6-17(23)7-9-18/h2-9H,1,10-11,13-14H2. The number of esters is 1. The molecule has 2 rings (SSSR count). The number of carbonyl (C=O) groups excluding carboxylic acids is 3. The highest BCUT2D eigenvalue weighted by Gasteiger charge is 2.18. The Morgan fingerprint density at radius 2 is 1.69 bits per heavy atom. The third-order valence-corrected chi connectivity index (χ3v) is 4.22. The summed E-state index contributed by atoms with van der Waals surface area (Å²) in [6.07, 6.45) is -0.180. The summed E-state index contributed by atoms with van der Waals surface area (Å²) in [5, 5.41) is 9.27. The highest BCUT2D eigenvalue weighted by molar-refractivity contribution is 6.30. The lowest BCUT2D eigenvalue weighted by Gasteiger charge is -2.21. The van der Waals surface area contributed by atoms with E-state index in [0.717, 1.165) is 0 Å². The second-order valence-corrected chi connectivity index (χ2v) is 6.46. The highest BCUT2D eigenvalue weighted by Crippen LogP contribution is 2.16. The highest BCUT2D eigenvalue weighted by atomic mass is 35.5. The zero-order valence-electron chi connectivity index (χ0n) is 15.4. The van der Waals surface area contributed by atoms with E-state index in [0.29, 0.717) is 16.3 Å². The van der Waals surface area contributed by atoms with Crippen molar-refractivity contribution in [1.29, 1.82) is 5.26 Å². The molecule has 2 aromatic rings. The van der Waals surface area contributed by atoms with E-state index >= 15 is 0 Å². The molecule has 0 saturated heterocycles. The lowest BCUT2D eigenvalue weighted by Crippen LogP contribution is -2.35. The van der Waals surface area contributed by atoms with Gasteiger partial charge in [-0.05, 0) is 48.5 Å². The van der Waals surface area contributed by atoms with Gasteiger partial charge in [-0.1, -0.05) is 11.6 Å². The predicted molar refractivity (Wildman–Crippen MR) is 105 cm³/mol. The van der Waals surface area contributed by atoms with Crippen molar-refractivity contribution in [3.8, 4) is 6.07 Å². The molecule has 0 fully saturated rings. The maximum Gasteiger partial charge on any atom is 0.306 e. The molecule has 0 radical (unpaired) electrons. The third kappa shape index (κ3) is 7.01. The summed E-state index contributed by atoms with van der Waals surface area (Å²) in [6, 6.07) is 13.4. The molecule has 0 spiro atoms. The lowest BCUT2D eigenvalue weighted by atomic mass is 10.1. The zero-order chi connectivity index (χ0) is 21.2. The monoisotopic (exact) mass is 416 g/mol. The largest absolute Gasteiger partial charge is 0.456 e. The van der Waals surface area contributed by atoms with Gasteiger partial charge < -0.3 is 9.64 Å². The van der Waals surface area contributed by atoms with Crippen LogP contribution in [0.15, 0.2) is 48.5 Å². The topological polar surface area (TPSA) is 87.5 Å². The Bertz CT molecular complexity index is 908. The van der Waals surface area contributed by atoms with E-state index < -0.39 is 24.3 Å². The maximum absolute atomic E-state index is 13.1. The first kappa shape index (κ1) is 22.1. The molecule has 8 heteroatoms. The van der Waals surface area contributed by atoms with Crippen molar-refractivity contribution in [2.45, 2.75) is 19.3 Å². The van der Waals surface area contributed by atoms with Gasteiger partial charge in [0.15, 0.2) is 12.4 Å². The van der Waals surface area contributed by atoms with E-state index in [9.17, 15) is 18.8 Å². The molecule has 0 aromatic heterocycles. The first-order valence-electron chi connectivity index (χ1n) is 8.78. The van der Waals surface area contributed by atoms with Crippen molar-refractivity contribution in [2.75, 3.05) is 18.1 Å². The summed E-state index contributed by atoms with van der Waals surface area (Å²) in [5.41, 5.74) is 0.817. The minimum atomic E-state index is -0.694. The SMILES string of the molecule is N#CCCN(C(=O)COC(=O)CCC(=O)c1ccc(Cl)cc1)c1ccc(F)cc1. The van der Waals surface area contributed by atoms with Crippen LogP contribution in [0.25, 0.3) is 0 Å². The number of rotatable bonds is 9. The molecule has 0 atom stereocenters. The molecule has 0 saturated carbocycles. The number of nitriles is 1. The number of Topliss-reactive ketones (excluding diaryl/α,β-unsaturated/α-hetero) is 1. The van der Waals surface area contributed by atoms with Crippen molar-refractivity contribution < 1.29 is 23.5 Å². The van der Waals surface area contributed by atoms with Gasteiger partial charge in [0.1, 0.15) is 5.82 Å². The molecule has 0 aliphatic carbocycles. The molecular formula is C21H18ClFN2O4. The van der Waals surface area contributed by atoms with Crippen molar-refractivity contribution in [3.63, 3.8) is 0 Å². The molecule has 0 unspecified atom stereocenters. The smallest absolute Gasteiger partial charge is 0.306 e. The van der Waals surface area contributed by atoms with E-state index in [-0.39, 0.29) is 31.6 Å². The fourth-order valence-corrected chi connectivity index (χ4v) is 2.59. The summed E-state index contributed by atoms with van der Waals surface area (Å²) in [4.78, 5) is 37.6. The van der Waals surface area contributed by atoms with Crippen LogP contribution in [0.1, 0.15) is 29.6 Å². The Kier molecular flexibility index (Phi) is 8.31. The molecule has 0 aliphatic rings. The first-order chi connectivity index (χ1) is 13.9. The second-order valence-electron chi connectivity index (χ2n) is 6.02. The van der Waals surface area contributed by atoms with Crippen LogP contribution in [0.5, 0.6) is 0 Å². The summed E-state index contributed by atoms with van der Waals surface area (Å²) in [6.45, 7) is -0.468. The summed E-state index contributed by atoms with van der Waals surface area (Å²) in [7, 11) is 0. The third-order valence-electron chi connectivity index (χ3n) is 3.97. The van der Waals surface area contributed by atoms with E-state index in [1.54, 1.807) is 24.3 Å². The van der Waals surface area contributed by atoms with Crippen LogP contribution in [0.3, 0.4) is 0 Å². The van der Waals surface area contributed by atoms with Gasteiger partial charge in [0, 0.05) is 29.2 Å². The van der Waals surface area contributed by atoms with Gasteiger partial charge in [-0.2, -0.15) is 5.26 Å². The first-order valence-corrected chi connectivity index (χ1v) is 9.16. The number of ether oxygens (including phenoxy) is 1. The van der Waals surface area contributed by atoms with Gasteiger partial charge in [-0.25, -0.2) is 4.39 Å². The Hall–Kier alpha value is -3.24. The number of hydrogen-bond acceptors (Lipinski definition) is 5. The minimum Gasteiger partial charge on any atom is -0.456 e. The Balaban J connectivity index is 1.87. The van der Waals surface area contributed by atoms with E-state index in [1.807, 2.05) is 6.07 Å². The zero-order valence-corrected chi connectivity index (χ0v) is 16.2. The van der Waals surface area contributed by atoms with Gasteiger partial charge in [-0.3, -0.25) is 14.4 Å². The fraction of sp³-hybridized carbons (Fsp3) is 0.238. The predicted octanol–water partition coefficient (Wildman–Crippen LogP) is 3.93. The van der Waals surface area contributed by atoms with E-state index in [1.165, 1.54) is 29.2 Å². The van der Waals surface area contributed by atoms with Crippen LogP contribution < -0.4 is 4.90 Å². The van der Waals surface area contributed by atoms with Crippen molar-refractivity contribution >= 4 is 34.9 Å². The van der Waals surface area contributed by atoms with Gasteiger partial charge in [0.25, 0.3) is 5.91 Å². The van der Waals surface area contributed by atoms with Crippen LogP contribution in [0.2, 0.25) is 5.02 Å². The van der Waals surface area contributed by atoms with Crippen LogP contribution in [-0.2, 0) is 14.3 Å². The van der Waals surface area contributed by atoms with E-state index in [4.69, 9.17) is 21.6 Å². The number of hydrogen-bond donors (Lipinski definition) is 0. The number of benzene rings is 2. The molecule has 0 heterocycles. The molecule has 150 valence electrons. The number of ketones is 1. The maximum atomic E-state index is 13.1. The van der Waals surface area contributed by atoms with Gasteiger partial charge >= 0.3 is 5.97 Å². The minimum absolute atomic E-state index is 0.0622. The number of carbonyl (C=O) groups is 3. The van der Waals surface area contributed by atoms with Crippen molar-refractivity contribution in [1.82, 2.24) is 0 Å². The number of nitrogens with zero attached hydrogens (tertiary/aromatic N) is 2. The molecule has 0 bridgehead atoms. The Labute approximate surface area is 172 Å². The van der Waals surface area contributed by atoms with Crippen LogP contribution in [0.4, 0.5) is 10.1 Å². The number of amides is 1. The lowest BCUT2D eigenvalue weighted by molar-refractivity contribution is -0.147. The Morgan fingerprint density at radius 3 is 2.31 bits per heavy atom. The summed E-state index contributed by atoms with van der Waals surface area (Å²) < 4.78 is 18.0. The molecule has 2 aromatic carbocycles. The second kappa shape index (κ2) is 10.9. The molecular weight excluding hydrogens is 399 g/mol. The molecule has 1 amide bonds. The molecule has 0 N–H and O–H groups in total. The average molecular weight is 417 g/mol. The van der Waals surface area contributed by atoms with Gasteiger partial charge in [0.05, 0.1) is 18.9 Å². The summed E-state index contributed by atoms with van der Waals surface area (Å²) >= 11 is 5.77. The van der Waals surface area contributed by atoms with E-state index in [2.05, 4.69) is 0 Å². The van der Waals surface area contributed by atoms with Gasteiger partial charge in [0.2, 0.25) is 0 Å².